The molecule has 5 amide bonds. The van der Waals surface area contributed by atoms with Gasteiger partial charge in [0.05, 0.1) is 46.1 Å². The lowest BCUT2D eigenvalue weighted by atomic mass is 10.0. The number of imidazole rings is 1. The third-order valence-electron chi connectivity index (χ3n) is 10.8. The number of aliphatic carboxylic acids is 1. The molecule has 23 heteroatoms. The van der Waals surface area contributed by atoms with Crippen molar-refractivity contribution in [2.45, 2.75) is 77.4 Å². The molecule has 0 aliphatic heterocycles. The Kier molecular flexibility index (Phi) is 19.3. The van der Waals surface area contributed by atoms with E-state index in [1.807, 2.05) is 6.92 Å². The van der Waals surface area contributed by atoms with Gasteiger partial charge in [0.15, 0.2) is 28.6 Å². The highest BCUT2D eigenvalue weighted by Crippen LogP contribution is 2.47. The molecule has 0 bridgehead atoms. The van der Waals surface area contributed by atoms with Crippen molar-refractivity contribution in [2.75, 3.05) is 58.4 Å². The van der Waals surface area contributed by atoms with E-state index in [1.165, 1.54) is 10.6 Å². The highest BCUT2D eigenvalue weighted by molar-refractivity contribution is 5.94. The van der Waals surface area contributed by atoms with Crippen molar-refractivity contribution >= 4 is 52.5 Å². The second kappa shape index (κ2) is 25.2. The van der Waals surface area contributed by atoms with Gasteiger partial charge in [0.1, 0.15) is 12.1 Å². The number of unbranched alkanes of at least 4 members (excludes halogenated alkanes) is 1. The number of nitrogens with zero attached hydrogens (tertiary/aromatic N) is 4. The summed E-state index contributed by atoms with van der Waals surface area (Å²) < 4.78 is 44.9. The van der Waals surface area contributed by atoms with Crippen molar-refractivity contribution in [1.29, 1.82) is 0 Å². The van der Waals surface area contributed by atoms with Crippen molar-refractivity contribution in [1.82, 2.24) is 46.1 Å². The Labute approximate surface area is 390 Å². The molecule has 1 fully saturated rings. The van der Waals surface area contributed by atoms with Gasteiger partial charge in [-0.1, -0.05) is 45.4 Å². The summed E-state index contributed by atoms with van der Waals surface area (Å²) in [5.74, 6) is -7.36. The van der Waals surface area contributed by atoms with Crippen molar-refractivity contribution in [3.63, 3.8) is 0 Å². The second-order valence-electron chi connectivity index (χ2n) is 16.4. The minimum absolute atomic E-state index is 0.0839. The zero-order valence-corrected chi connectivity index (χ0v) is 38.0. The first kappa shape index (κ1) is 52.0. The molecule has 0 saturated heterocycles. The number of nitrogens with two attached hydrogens (primary N) is 1. The van der Waals surface area contributed by atoms with Crippen LogP contribution in [0.5, 0.6) is 12.0 Å². The molecule has 2 aromatic heterocycles. The van der Waals surface area contributed by atoms with Crippen molar-refractivity contribution in [2.24, 2.45) is 11.8 Å². The molecule has 4 unspecified atom stereocenters. The van der Waals surface area contributed by atoms with Gasteiger partial charge in [-0.15, -0.1) is 0 Å². The fourth-order valence-corrected chi connectivity index (χ4v) is 6.91. The Morgan fingerprint density at radius 2 is 1.57 bits per heavy atom. The summed E-state index contributed by atoms with van der Waals surface area (Å²) in [5, 5.41) is 33.0. The summed E-state index contributed by atoms with van der Waals surface area (Å²) >= 11 is 0. The minimum atomic E-state index is -1.44. The summed E-state index contributed by atoms with van der Waals surface area (Å²) in [6.07, 6.45) is 1.67. The molecule has 68 heavy (non-hydrogen) atoms. The van der Waals surface area contributed by atoms with E-state index in [2.05, 4.69) is 41.5 Å². The molecule has 1 aliphatic rings. The Balaban J connectivity index is 0.909. The largest absolute Gasteiger partial charge is 0.480 e. The number of hydrogen-bond acceptors (Lipinski definition) is 14. The van der Waals surface area contributed by atoms with Gasteiger partial charge in [0.25, 0.3) is 11.9 Å². The highest BCUT2D eigenvalue weighted by atomic mass is 19.2. The van der Waals surface area contributed by atoms with E-state index in [0.717, 1.165) is 30.5 Å². The molecule has 4 atom stereocenters. The Morgan fingerprint density at radius 1 is 0.868 bits per heavy atom. The van der Waals surface area contributed by atoms with E-state index in [1.54, 1.807) is 38.1 Å². The van der Waals surface area contributed by atoms with Crippen LogP contribution in [0, 0.1) is 23.5 Å². The number of carboxylic acids is 1. The second-order valence-corrected chi connectivity index (χ2v) is 16.4. The zero-order chi connectivity index (χ0) is 49.3. The Hall–Kier alpha value is -7.01. The Morgan fingerprint density at radius 3 is 2.24 bits per heavy atom. The molecule has 2 heterocycles. The lowest BCUT2D eigenvalue weighted by Crippen LogP contribution is -2.55. The number of hydrogen-bond donors (Lipinski definition) is 8. The quantitative estimate of drug-likeness (QED) is 0.0377. The van der Waals surface area contributed by atoms with Gasteiger partial charge >= 0.3 is 12.0 Å². The van der Waals surface area contributed by atoms with E-state index in [9.17, 15) is 47.8 Å². The summed E-state index contributed by atoms with van der Waals surface area (Å²) in [6, 6.07) is 7.41. The van der Waals surface area contributed by atoms with Crippen LogP contribution in [0.25, 0.3) is 11.2 Å². The van der Waals surface area contributed by atoms with Crippen molar-refractivity contribution < 1.29 is 62.0 Å². The molecule has 21 nitrogen and oxygen atoms in total. The molecule has 2 aromatic carbocycles. The number of nitrogen functional groups attached to an aromatic ring is 1. The first-order chi connectivity index (χ1) is 32.6. The standard InChI is InChI=1S/C45H58F2N10O11/c1-4-5-16-68-44-55-38(48)37-39(56-44)57(45(65)54-37)24-26-6-8-27(9-7-26)40(60)50-15-18-67-20-19-66-17-14-49-34(58)13-12-33(43(63)64)52-42(62)36(25(2)3)53-35(59)23-51-41(61)30-22-29(30)28-10-11-31(46)32(47)21-28/h6-11,21,25,29-30,33,36H,4-5,12-20,22-24H2,1-3H3,(H,49,58)(H,50,60)(H,51,61)(H,52,62)(H,53,59)(H,54,65)(H,63,64)(H2,48,55,56). The predicted octanol–water partition coefficient (Wildman–Crippen LogP) is 1.91. The van der Waals surface area contributed by atoms with Gasteiger partial charge in [-0.2, -0.15) is 15.0 Å². The maximum atomic E-state index is 13.6. The van der Waals surface area contributed by atoms with Crippen LogP contribution in [-0.2, 0) is 40.0 Å². The maximum Gasteiger partial charge on any atom is 0.326 e. The number of amides is 5. The van der Waals surface area contributed by atoms with Crippen molar-refractivity contribution in [3.8, 4) is 12.0 Å². The molecular weight excluding hydrogens is 895 g/mol. The molecule has 0 spiro atoms. The molecule has 4 aromatic rings. The van der Waals surface area contributed by atoms with Crippen LogP contribution in [0.15, 0.2) is 42.5 Å². The van der Waals surface area contributed by atoms with E-state index < -0.39 is 71.7 Å². The maximum absolute atomic E-state index is 13.6. The lowest BCUT2D eigenvalue weighted by Gasteiger charge is -2.24. The summed E-state index contributed by atoms with van der Waals surface area (Å²) in [5.41, 5.74) is 8.24. The molecule has 0 radical (unpaired) electrons. The van der Waals surface area contributed by atoms with E-state index >= 15 is 0 Å². The minimum Gasteiger partial charge on any atom is -0.480 e. The van der Waals surface area contributed by atoms with Crippen LogP contribution in [0.2, 0.25) is 0 Å². The monoisotopic (exact) mass is 952 g/mol. The van der Waals surface area contributed by atoms with Gasteiger partial charge in [0.2, 0.25) is 23.6 Å². The predicted molar refractivity (Wildman–Crippen MR) is 240 cm³/mol. The SMILES string of the molecule is CCCCOc1nc(N)c2nc(O)n(Cc3ccc(C(=O)NCCOCCOCCNC(=O)CCC(NC(=O)C(NC(=O)CNC(=O)C4CC4c4ccc(F)c(F)c4)C(C)C)C(=O)O)cc3)c2n1. The molecule has 5 rings (SSSR count). The molecule has 1 aliphatic carbocycles. The number of carbonyl (C=O) groups is 6. The molecule has 9 N–H and O–H groups in total. The summed E-state index contributed by atoms with van der Waals surface area (Å²) in [7, 11) is 0. The fraction of sp³-hybridized carbons (Fsp3) is 0.489. The highest BCUT2D eigenvalue weighted by Gasteiger charge is 2.44. The number of nitrogens with one attached hydrogen (secondary N) is 5. The molecule has 1 saturated carbocycles. The van der Waals surface area contributed by atoms with Crippen LogP contribution < -0.4 is 37.1 Å². The first-order valence-corrected chi connectivity index (χ1v) is 22.3. The number of halogens is 2. The number of fused-ring (bicyclic) bond motifs is 1. The smallest absolute Gasteiger partial charge is 0.326 e. The number of ether oxygens (including phenoxy) is 3. The van der Waals surface area contributed by atoms with Crippen molar-refractivity contribution in [3.05, 3.63) is 70.8 Å². The van der Waals surface area contributed by atoms with E-state index in [0.29, 0.717) is 29.8 Å². The average molecular weight is 953 g/mol. The number of aromatic nitrogens is 4. The normalized spacial score (nSPS) is 15.0. The fourth-order valence-electron chi connectivity index (χ4n) is 6.91. The van der Waals surface area contributed by atoms with Crippen LogP contribution >= 0.6 is 0 Å². The van der Waals surface area contributed by atoms with Gasteiger partial charge in [0, 0.05) is 31.0 Å². The van der Waals surface area contributed by atoms with Crippen LogP contribution in [-0.4, -0.2) is 130 Å². The Bertz CT molecular complexity index is 2400. The van der Waals surface area contributed by atoms with Gasteiger partial charge < -0.3 is 56.7 Å². The third kappa shape index (κ3) is 15.3. The number of carbonyl (C=O) groups excluding carboxylic acids is 5. The van der Waals surface area contributed by atoms with Crippen LogP contribution in [0.1, 0.15) is 80.3 Å². The molecular formula is C45H58F2N10O11. The first-order valence-electron chi connectivity index (χ1n) is 22.3. The number of rotatable bonds is 28. The van der Waals surface area contributed by atoms with E-state index in [-0.39, 0.29) is 94.1 Å². The number of anilines is 1. The van der Waals surface area contributed by atoms with Gasteiger partial charge in [-0.25, -0.2) is 13.6 Å². The van der Waals surface area contributed by atoms with Gasteiger partial charge in [-0.3, -0.25) is 28.5 Å². The number of aromatic hydroxyl groups is 1. The number of carboxylic acid groups (broad SMARTS) is 1. The number of benzene rings is 2. The summed E-state index contributed by atoms with van der Waals surface area (Å²) in [6.45, 7) is 6.57. The molecule has 368 valence electrons. The van der Waals surface area contributed by atoms with E-state index in [4.69, 9.17) is 19.9 Å². The van der Waals surface area contributed by atoms with Crippen LogP contribution in [0.3, 0.4) is 0 Å². The third-order valence-corrected chi connectivity index (χ3v) is 10.8. The zero-order valence-electron chi connectivity index (χ0n) is 38.0. The average Bonchev–Trinajstić information content (AvgIpc) is 4.05. The lowest BCUT2D eigenvalue weighted by molar-refractivity contribution is -0.143. The summed E-state index contributed by atoms with van der Waals surface area (Å²) in [4.78, 5) is 87.9. The van der Waals surface area contributed by atoms with Crippen LogP contribution in [0.4, 0.5) is 14.6 Å². The topological polar surface area (TPSA) is 300 Å². The van der Waals surface area contributed by atoms with Gasteiger partial charge in [-0.05, 0) is 66.5 Å².